The van der Waals surface area contributed by atoms with Gasteiger partial charge in [-0.05, 0) is 12.8 Å². The normalized spacial score (nSPS) is 12.8. The van der Waals surface area contributed by atoms with Crippen LogP contribution >= 0.6 is 0 Å². The minimum Gasteiger partial charge on any atom is -0.545 e. The Morgan fingerprint density at radius 1 is 0.441 bits per heavy atom. The Morgan fingerprint density at radius 2 is 0.763 bits per heavy atom. The summed E-state index contributed by atoms with van der Waals surface area (Å²) in [6, 6.07) is 0. The van der Waals surface area contributed by atoms with Crippen molar-refractivity contribution in [3.05, 3.63) is 0 Å². The molecule has 0 fully saturated rings. The van der Waals surface area contributed by atoms with Crippen molar-refractivity contribution in [3.63, 3.8) is 0 Å². The van der Waals surface area contributed by atoms with Crippen LogP contribution in [0.15, 0.2) is 0 Å². The van der Waals surface area contributed by atoms with Crippen molar-refractivity contribution in [3.8, 4) is 0 Å². The van der Waals surface area contributed by atoms with E-state index < -0.39 is 24.3 Å². The molecule has 0 heterocycles. The van der Waals surface area contributed by atoms with Crippen LogP contribution in [-0.4, -0.2) is 82.3 Å². The standard InChI is InChI=1S/C50H97NO8/c1-6-8-10-12-14-16-18-19-20-21-22-23-24-25-26-27-28-29-31-33-35-37-39-41-48(53)59-46(45-58-50(49(54)55)56-43-42-51(3,4)5)44-57-47(52)40-38-36-34-32-30-17-15-13-11-9-7-2/h46,50H,6-45H2,1-5H3. The van der Waals surface area contributed by atoms with Gasteiger partial charge in [0.1, 0.15) is 13.2 Å². The summed E-state index contributed by atoms with van der Waals surface area (Å²) in [4.78, 5) is 37.0. The van der Waals surface area contributed by atoms with Crippen molar-refractivity contribution in [2.24, 2.45) is 0 Å². The molecule has 0 aromatic heterocycles. The number of likely N-dealkylation sites (N-methyl/N-ethyl adjacent to an activating group) is 1. The number of hydrogen-bond acceptors (Lipinski definition) is 8. The summed E-state index contributed by atoms with van der Waals surface area (Å²) < 4.78 is 22.6. The number of hydrogen-bond donors (Lipinski definition) is 0. The largest absolute Gasteiger partial charge is 0.545 e. The minimum absolute atomic E-state index is 0.153. The highest BCUT2D eigenvalue weighted by Crippen LogP contribution is 2.17. The number of carbonyl (C=O) groups is 3. The van der Waals surface area contributed by atoms with E-state index in [4.69, 9.17) is 18.9 Å². The van der Waals surface area contributed by atoms with Gasteiger partial charge in [0, 0.05) is 12.8 Å². The van der Waals surface area contributed by atoms with Crippen LogP contribution in [0.4, 0.5) is 0 Å². The fourth-order valence-corrected chi connectivity index (χ4v) is 7.42. The van der Waals surface area contributed by atoms with E-state index in [2.05, 4.69) is 13.8 Å². The third kappa shape index (κ3) is 44.2. The van der Waals surface area contributed by atoms with Crippen LogP contribution in [0.3, 0.4) is 0 Å². The quantitative estimate of drug-likeness (QED) is 0.0258. The SMILES string of the molecule is CCCCCCCCCCCCCCCCCCCCCCCCCC(=O)OC(COC(=O)CCCCCCCCCCCCC)COC(OCC[N+](C)(C)C)C(=O)[O-]. The van der Waals surface area contributed by atoms with E-state index in [0.29, 0.717) is 17.4 Å². The lowest BCUT2D eigenvalue weighted by molar-refractivity contribution is -0.870. The second kappa shape index (κ2) is 43.0. The van der Waals surface area contributed by atoms with Crippen LogP contribution in [0.5, 0.6) is 0 Å². The summed E-state index contributed by atoms with van der Waals surface area (Å²) in [6.45, 7) is 4.78. The monoisotopic (exact) mass is 840 g/mol. The van der Waals surface area contributed by atoms with Crippen LogP contribution in [0.25, 0.3) is 0 Å². The number of ether oxygens (including phenoxy) is 4. The van der Waals surface area contributed by atoms with Crippen LogP contribution in [0.2, 0.25) is 0 Å². The second-order valence-electron chi connectivity index (χ2n) is 18.5. The van der Waals surface area contributed by atoms with Gasteiger partial charge in [0.2, 0.25) is 0 Å². The molecule has 0 rings (SSSR count). The number of esters is 2. The van der Waals surface area contributed by atoms with Gasteiger partial charge in [-0.1, -0.05) is 219 Å². The van der Waals surface area contributed by atoms with Crippen molar-refractivity contribution in [2.45, 2.75) is 257 Å². The summed E-state index contributed by atoms with van der Waals surface area (Å²) in [5.74, 6) is -2.26. The number of carboxylic acid groups (broad SMARTS) is 1. The molecule has 0 bridgehead atoms. The van der Waals surface area contributed by atoms with Crippen molar-refractivity contribution >= 4 is 17.9 Å². The topological polar surface area (TPSA) is 111 Å². The van der Waals surface area contributed by atoms with Gasteiger partial charge >= 0.3 is 11.9 Å². The Kier molecular flexibility index (Phi) is 41.7. The average Bonchev–Trinajstić information content (AvgIpc) is 3.19. The summed E-state index contributed by atoms with van der Waals surface area (Å²) in [5.41, 5.74) is 0. The molecule has 0 aliphatic rings. The third-order valence-electron chi connectivity index (χ3n) is 11.4. The van der Waals surface area contributed by atoms with Gasteiger partial charge in [0.05, 0.1) is 40.3 Å². The first-order chi connectivity index (χ1) is 28.6. The number of aliphatic carboxylic acids is 1. The zero-order chi connectivity index (χ0) is 43.5. The summed E-state index contributed by atoms with van der Waals surface area (Å²) in [5, 5.41) is 11.7. The van der Waals surface area contributed by atoms with Crippen LogP contribution < -0.4 is 5.11 Å². The number of rotatable bonds is 47. The molecule has 0 radical (unpaired) electrons. The Balaban J connectivity index is 4.21. The Bertz CT molecular complexity index is 938. The highest BCUT2D eigenvalue weighted by atomic mass is 16.7. The van der Waals surface area contributed by atoms with E-state index in [1.54, 1.807) is 0 Å². The molecule has 0 aliphatic carbocycles. The molecule has 9 nitrogen and oxygen atoms in total. The van der Waals surface area contributed by atoms with Crippen molar-refractivity contribution in [1.82, 2.24) is 0 Å². The highest BCUT2D eigenvalue weighted by Gasteiger charge is 2.22. The van der Waals surface area contributed by atoms with Crippen molar-refractivity contribution in [1.29, 1.82) is 0 Å². The minimum atomic E-state index is -1.61. The van der Waals surface area contributed by atoms with Crippen molar-refractivity contribution in [2.75, 3.05) is 47.5 Å². The molecule has 2 unspecified atom stereocenters. The summed E-state index contributed by atoms with van der Waals surface area (Å²) in [6.07, 6.45) is 41.4. The third-order valence-corrected chi connectivity index (χ3v) is 11.4. The average molecular weight is 840 g/mol. The molecule has 0 saturated heterocycles. The van der Waals surface area contributed by atoms with Crippen LogP contribution in [0.1, 0.15) is 245 Å². The Hall–Kier alpha value is -1.71. The lowest BCUT2D eigenvalue weighted by Gasteiger charge is -2.26. The molecule has 0 aliphatic heterocycles. The Labute approximate surface area is 364 Å². The molecule has 350 valence electrons. The van der Waals surface area contributed by atoms with Crippen molar-refractivity contribution < 1.29 is 42.9 Å². The van der Waals surface area contributed by atoms with E-state index in [1.807, 2.05) is 21.1 Å². The molecule has 0 saturated carbocycles. The first-order valence-corrected chi connectivity index (χ1v) is 25.2. The van der Waals surface area contributed by atoms with Gasteiger partial charge in [-0.3, -0.25) is 9.59 Å². The fraction of sp³-hybridized carbons (Fsp3) is 0.940. The number of carbonyl (C=O) groups excluding carboxylic acids is 3. The summed E-state index contributed by atoms with van der Waals surface area (Å²) in [7, 11) is 5.92. The van der Waals surface area contributed by atoms with E-state index in [9.17, 15) is 19.5 Å². The number of nitrogens with zero attached hydrogens (tertiary/aromatic N) is 1. The first-order valence-electron chi connectivity index (χ1n) is 25.2. The molecule has 0 spiro atoms. The maximum atomic E-state index is 12.8. The first kappa shape index (κ1) is 57.3. The molecular weight excluding hydrogens is 743 g/mol. The maximum Gasteiger partial charge on any atom is 0.306 e. The molecule has 59 heavy (non-hydrogen) atoms. The molecule has 0 aromatic rings. The molecule has 0 aromatic carbocycles. The number of unbranched alkanes of at least 4 members (excludes halogenated alkanes) is 32. The van der Waals surface area contributed by atoms with Gasteiger partial charge in [0.25, 0.3) is 0 Å². The zero-order valence-corrected chi connectivity index (χ0v) is 39.7. The van der Waals surface area contributed by atoms with Crippen LogP contribution in [-0.2, 0) is 33.3 Å². The summed E-state index contributed by atoms with van der Waals surface area (Å²) >= 11 is 0. The van der Waals surface area contributed by atoms with E-state index >= 15 is 0 Å². The molecule has 0 N–H and O–H groups in total. The van der Waals surface area contributed by atoms with Gasteiger partial charge in [-0.2, -0.15) is 0 Å². The van der Waals surface area contributed by atoms with Gasteiger partial charge in [-0.15, -0.1) is 0 Å². The zero-order valence-electron chi connectivity index (χ0n) is 39.7. The lowest BCUT2D eigenvalue weighted by atomic mass is 10.0. The Morgan fingerprint density at radius 3 is 1.08 bits per heavy atom. The number of carboxylic acids is 1. The smallest absolute Gasteiger partial charge is 0.306 e. The molecule has 0 amide bonds. The van der Waals surface area contributed by atoms with Gasteiger partial charge in [0.15, 0.2) is 12.4 Å². The molecular formula is C50H97NO8. The van der Waals surface area contributed by atoms with Gasteiger partial charge < -0.3 is 33.3 Å². The van der Waals surface area contributed by atoms with E-state index in [0.717, 1.165) is 38.5 Å². The number of quaternary nitrogens is 1. The van der Waals surface area contributed by atoms with Crippen LogP contribution in [0, 0.1) is 0 Å². The second-order valence-corrected chi connectivity index (χ2v) is 18.5. The molecule has 2 atom stereocenters. The fourth-order valence-electron chi connectivity index (χ4n) is 7.42. The van der Waals surface area contributed by atoms with Gasteiger partial charge in [-0.25, -0.2) is 0 Å². The lowest BCUT2D eigenvalue weighted by Crippen LogP contribution is -2.44. The maximum absolute atomic E-state index is 12.8. The van der Waals surface area contributed by atoms with E-state index in [-0.39, 0.29) is 32.2 Å². The predicted molar refractivity (Wildman–Crippen MR) is 242 cm³/mol. The molecule has 9 heteroatoms. The van der Waals surface area contributed by atoms with E-state index in [1.165, 1.54) is 180 Å². The predicted octanol–water partition coefficient (Wildman–Crippen LogP) is 12.3. The highest BCUT2D eigenvalue weighted by molar-refractivity contribution is 5.70.